The number of ether oxygens (including phenoxy) is 1. The second kappa shape index (κ2) is 6.61. The van der Waals surface area contributed by atoms with E-state index >= 15 is 0 Å². The van der Waals surface area contributed by atoms with Gasteiger partial charge in [-0.1, -0.05) is 19.1 Å². The maximum atomic E-state index is 12.8. The van der Waals surface area contributed by atoms with Gasteiger partial charge in [-0.3, -0.25) is 4.79 Å². The SMILES string of the molecule is COc1ccccc1NC(=O)c1sc2nc3c(cc2c1N)CC(C)CC3. The molecule has 1 aliphatic carbocycles. The van der Waals surface area contributed by atoms with Crippen molar-refractivity contribution < 1.29 is 9.53 Å². The molecule has 6 heteroatoms. The summed E-state index contributed by atoms with van der Waals surface area (Å²) in [4.78, 5) is 18.9. The number of hydrogen-bond donors (Lipinski definition) is 2. The number of hydrogen-bond acceptors (Lipinski definition) is 5. The lowest BCUT2D eigenvalue weighted by Crippen LogP contribution is -2.13. The largest absolute Gasteiger partial charge is 0.495 e. The molecule has 0 bridgehead atoms. The number of nitrogens with one attached hydrogen (secondary N) is 1. The summed E-state index contributed by atoms with van der Waals surface area (Å²) in [6.07, 6.45) is 3.18. The van der Waals surface area contributed by atoms with Gasteiger partial charge in [0.25, 0.3) is 5.91 Å². The Bertz CT molecular complexity index is 996. The molecule has 0 fully saturated rings. The lowest BCUT2D eigenvalue weighted by molar-refractivity contribution is 0.103. The van der Waals surface area contributed by atoms with Gasteiger partial charge in [0.2, 0.25) is 0 Å². The van der Waals surface area contributed by atoms with Crippen LogP contribution in [0.1, 0.15) is 34.3 Å². The van der Waals surface area contributed by atoms with E-state index in [2.05, 4.69) is 18.3 Å². The van der Waals surface area contributed by atoms with Crippen molar-refractivity contribution in [1.29, 1.82) is 0 Å². The van der Waals surface area contributed by atoms with Gasteiger partial charge in [0.15, 0.2) is 0 Å². The van der Waals surface area contributed by atoms with E-state index in [0.717, 1.165) is 35.2 Å². The third kappa shape index (κ3) is 2.90. The third-order valence-electron chi connectivity index (χ3n) is 4.89. The topological polar surface area (TPSA) is 77.2 Å². The molecule has 0 saturated carbocycles. The average molecular weight is 367 g/mol. The summed E-state index contributed by atoms with van der Waals surface area (Å²) in [6.45, 7) is 2.26. The molecule has 3 aromatic rings. The van der Waals surface area contributed by atoms with Gasteiger partial charge in [-0.25, -0.2) is 4.98 Å². The van der Waals surface area contributed by atoms with E-state index in [9.17, 15) is 4.79 Å². The van der Waals surface area contributed by atoms with Gasteiger partial charge in [-0.05, 0) is 48.9 Å². The van der Waals surface area contributed by atoms with Crippen LogP contribution in [-0.2, 0) is 12.8 Å². The zero-order valence-electron chi connectivity index (χ0n) is 14.8. The highest BCUT2D eigenvalue weighted by Crippen LogP contribution is 2.37. The van der Waals surface area contributed by atoms with Crippen LogP contribution in [0.3, 0.4) is 0 Å². The summed E-state index contributed by atoms with van der Waals surface area (Å²) in [5.74, 6) is 1.04. The molecule has 1 atom stereocenters. The van der Waals surface area contributed by atoms with E-state index in [0.29, 0.717) is 27.9 Å². The Kier molecular flexibility index (Phi) is 4.28. The first kappa shape index (κ1) is 16.8. The van der Waals surface area contributed by atoms with Gasteiger partial charge in [0.1, 0.15) is 15.5 Å². The zero-order valence-corrected chi connectivity index (χ0v) is 15.7. The number of carbonyl (C=O) groups is 1. The van der Waals surface area contributed by atoms with Gasteiger partial charge in [0, 0.05) is 11.1 Å². The maximum absolute atomic E-state index is 12.8. The van der Waals surface area contributed by atoms with Crippen LogP contribution in [0.5, 0.6) is 5.75 Å². The van der Waals surface area contributed by atoms with Crippen LogP contribution >= 0.6 is 11.3 Å². The number of benzene rings is 1. The highest BCUT2D eigenvalue weighted by atomic mass is 32.1. The summed E-state index contributed by atoms with van der Waals surface area (Å²) < 4.78 is 5.29. The quantitative estimate of drug-likeness (QED) is 0.725. The molecular weight excluding hydrogens is 346 g/mol. The summed E-state index contributed by atoms with van der Waals surface area (Å²) in [5, 5.41) is 3.78. The number of pyridine rings is 1. The number of rotatable bonds is 3. The fourth-order valence-corrected chi connectivity index (χ4v) is 4.46. The Labute approximate surface area is 156 Å². The number of aromatic nitrogens is 1. The summed E-state index contributed by atoms with van der Waals surface area (Å²) in [5.41, 5.74) is 9.85. The molecule has 5 nitrogen and oxygen atoms in total. The van der Waals surface area contributed by atoms with Crippen molar-refractivity contribution in [2.75, 3.05) is 18.2 Å². The van der Waals surface area contributed by atoms with Crippen molar-refractivity contribution in [3.05, 3.63) is 46.5 Å². The minimum Gasteiger partial charge on any atom is -0.495 e. The number of nitrogens with two attached hydrogens (primary N) is 1. The Hall–Kier alpha value is -2.60. The lowest BCUT2D eigenvalue weighted by atomic mass is 9.87. The number of nitrogen functional groups attached to an aromatic ring is 1. The van der Waals surface area contributed by atoms with Crippen LogP contribution in [0.2, 0.25) is 0 Å². The molecule has 26 heavy (non-hydrogen) atoms. The fraction of sp³-hybridized carbons (Fsp3) is 0.300. The van der Waals surface area contributed by atoms with E-state index in [1.54, 1.807) is 19.2 Å². The molecule has 0 saturated heterocycles. The number of nitrogens with zero attached hydrogens (tertiary/aromatic N) is 1. The second-order valence-corrected chi connectivity index (χ2v) is 7.79. The Balaban J connectivity index is 1.70. The van der Waals surface area contributed by atoms with Crippen LogP contribution in [0, 0.1) is 5.92 Å². The van der Waals surface area contributed by atoms with Crippen molar-refractivity contribution in [3.63, 3.8) is 0 Å². The van der Waals surface area contributed by atoms with E-state index in [1.165, 1.54) is 16.9 Å². The molecule has 3 N–H and O–H groups in total. The molecule has 1 aliphatic rings. The molecule has 1 aromatic carbocycles. The third-order valence-corrected chi connectivity index (χ3v) is 6.01. The van der Waals surface area contributed by atoms with Crippen LogP contribution in [0.4, 0.5) is 11.4 Å². The minimum absolute atomic E-state index is 0.235. The maximum Gasteiger partial charge on any atom is 0.268 e. The van der Waals surface area contributed by atoms with E-state index in [-0.39, 0.29) is 5.91 Å². The van der Waals surface area contributed by atoms with Crippen molar-refractivity contribution in [3.8, 4) is 5.75 Å². The predicted octanol–water partition coefficient (Wildman–Crippen LogP) is 4.26. The monoisotopic (exact) mass is 367 g/mol. The van der Waals surface area contributed by atoms with Gasteiger partial charge in [-0.15, -0.1) is 11.3 Å². The van der Waals surface area contributed by atoms with Gasteiger partial charge >= 0.3 is 0 Å². The molecular formula is C20H21N3O2S. The summed E-state index contributed by atoms with van der Waals surface area (Å²) >= 11 is 1.35. The molecule has 134 valence electrons. The molecule has 1 unspecified atom stereocenters. The number of anilines is 2. The standard InChI is InChI=1S/C20H21N3O2S/c1-11-7-8-14-12(9-11)10-13-17(21)18(26-20(13)23-14)19(24)22-15-5-3-4-6-16(15)25-2/h3-6,10-11H,7-9,21H2,1-2H3,(H,22,24). The Morgan fingerprint density at radius 2 is 2.19 bits per heavy atom. The molecule has 0 radical (unpaired) electrons. The van der Waals surface area contributed by atoms with Crippen molar-refractivity contribution in [2.24, 2.45) is 5.92 Å². The van der Waals surface area contributed by atoms with Gasteiger partial charge in [-0.2, -0.15) is 0 Å². The number of carbonyl (C=O) groups excluding carboxylic acids is 1. The normalized spacial score (nSPS) is 16.3. The second-order valence-electron chi connectivity index (χ2n) is 6.79. The van der Waals surface area contributed by atoms with Gasteiger partial charge in [0.05, 0.1) is 18.5 Å². The predicted molar refractivity (Wildman–Crippen MR) is 106 cm³/mol. The molecule has 0 aliphatic heterocycles. The molecule has 4 rings (SSSR count). The van der Waals surface area contributed by atoms with E-state index in [4.69, 9.17) is 15.5 Å². The number of thiophene rings is 1. The fourth-order valence-electron chi connectivity index (χ4n) is 3.47. The lowest BCUT2D eigenvalue weighted by Gasteiger charge is -2.20. The number of aryl methyl sites for hydroxylation is 1. The molecule has 1 amide bonds. The minimum atomic E-state index is -0.235. The molecule has 2 aromatic heterocycles. The number of amides is 1. The summed E-state index contributed by atoms with van der Waals surface area (Å²) in [7, 11) is 1.58. The first-order chi connectivity index (χ1) is 12.6. The van der Waals surface area contributed by atoms with Crippen molar-refractivity contribution in [1.82, 2.24) is 4.98 Å². The van der Waals surface area contributed by atoms with Crippen molar-refractivity contribution in [2.45, 2.75) is 26.2 Å². The highest BCUT2D eigenvalue weighted by Gasteiger charge is 2.22. The number of methoxy groups -OCH3 is 1. The zero-order chi connectivity index (χ0) is 18.3. The highest BCUT2D eigenvalue weighted by molar-refractivity contribution is 7.21. The van der Waals surface area contributed by atoms with Crippen LogP contribution in [0.25, 0.3) is 10.2 Å². The average Bonchev–Trinajstić information content (AvgIpc) is 2.96. The van der Waals surface area contributed by atoms with Crippen LogP contribution in [-0.4, -0.2) is 18.0 Å². The molecule has 0 spiro atoms. The van der Waals surface area contributed by atoms with Crippen LogP contribution < -0.4 is 15.8 Å². The smallest absolute Gasteiger partial charge is 0.268 e. The van der Waals surface area contributed by atoms with E-state index < -0.39 is 0 Å². The Morgan fingerprint density at radius 1 is 1.38 bits per heavy atom. The van der Waals surface area contributed by atoms with E-state index in [1.807, 2.05) is 12.1 Å². The number of para-hydroxylation sites is 2. The Morgan fingerprint density at radius 3 is 3.00 bits per heavy atom. The molecule has 2 heterocycles. The van der Waals surface area contributed by atoms with Gasteiger partial charge < -0.3 is 15.8 Å². The van der Waals surface area contributed by atoms with Crippen LogP contribution in [0.15, 0.2) is 30.3 Å². The number of fused-ring (bicyclic) bond motifs is 2. The summed E-state index contributed by atoms with van der Waals surface area (Å²) in [6, 6.07) is 9.44. The first-order valence-corrected chi connectivity index (χ1v) is 9.53. The van der Waals surface area contributed by atoms with Crippen molar-refractivity contribution >= 4 is 38.8 Å². The first-order valence-electron chi connectivity index (χ1n) is 8.72.